The first-order valence-electron chi connectivity index (χ1n) is 12.6. The smallest absolute Gasteiger partial charge is 0.255 e. The molecule has 182 valence electrons. The minimum absolute atomic E-state index is 0.100. The van der Waals surface area contributed by atoms with Gasteiger partial charge in [-0.2, -0.15) is 0 Å². The summed E-state index contributed by atoms with van der Waals surface area (Å²) in [5.41, 5.74) is 5.11. The molecule has 6 rings (SSSR count). The summed E-state index contributed by atoms with van der Waals surface area (Å²) in [6.45, 7) is 4.82. The van der Waals surface area contributed by atoms with Crippen LogP contribution in [0.3, 0.4) is 0 Å². The number of imide groups is 1. The molecule has 5 heterocycles. The van der Waals surface area contributed by atoms with Crippen molar-refractivity contribution in [3.63, 3.8) is 0 Å². The van der Waals surface area contributed by atoms with Crippen molar-refractivity contribution in [1.82, 2.24) is 30.4 Å². The molecule has 0 saturated carbocycles. The fraction of sp³-hybridized carbons (Fsp3) is 0.500. The van der Waals surface area contributed by atoms with Gasteiger partial charge in [-0.3, -0.25) is 24.6 Å². The van der Waals surface area contributed by atoms with Crippen molar-refractivity contribution in [1.29, 1.82) is 0 Å². The van der Waals surface area contributed by atoms with E-state index in [2.05, 4.69) is 20.5 Å². The second kappa shape index (κ2) is 9.13. The lowest BCUT2D eigenvalue weighted by Crippen LogP contribution is -2.52. The van der Waals surface area contributed by atoms with E-state index in [0.29, 0.717) is 25.4 Å². The van der Waals surface area contributed by atoms with E-state index in [1.165, 1.54) is 11.3 Å². The van der Waals surface area contributed by atoms with Crippen molar-refractivity contribution >= 4 is 17.7 Å². The molecule has 2 saturated heterocycles. The van der Waals surface area contributed by atoms with Crippen molar-refractivity contribution in [2.45, 2.75) is 63.7 Å². The molecular weight excluding hydrogens is 444 g/mol. The Morgan fingerprint density at radius 3 is 2.71 bits per heavy atom. The molecule has 9 nitrogen and oxygen atoms in total. The number of piperidine rings is 2. The number of aromatic nitrogens is 2. The minimum atomic E-state index is -0.580. The minimum Gasteiger partial charge on any atom is -0.322 e. The van der Waals surface area contributed by atoms with Crippen LogP contribution in [0, 0.1) is 0 Å². The van der Waals surface area contributed by atoms with Crippen molar-refractivity contribution in [3.05, 3.63) is 58.2 Å². The lowest BCUT2D eigenvalue weighted by molar-refractivity contribution is -0.136. The summed E-state index contributed by atoms with van der Waals surface area (Å²) >= 11 is 0. The number of nitrogens with one attached hydrogen (secondary N) is 2. The molecule has 1 unspecified atom stereocenters. The summed E-state index contributed by atoms with van der Waals surface area (Å²) in [6.07, 6.45) is 5.61. The Morgan fingerprint density at radius 1 is 1.03 bits per heavy atom. The molecule has 1 aromatic carbocycles. The molecule has 3 amide bonds. The first-order valence-corrected chi connectivity index (χ1v) is 12.6. The van der Waals surface area contributed by atoms with E-state index in [9.17, 15) is 14.4 Å². The van der Waals surface area contributed by atoms with E-state index in [4.69, 9.17) is 4.98 Å². The van der Waals surface area contributed by atoms with Gasteiger partial charge in [0.25, 0.3) is 5.91 Å². The van der Waals surface area contributed by atoms with Gasteiger partial charge in [-0.25, -0.2) is 9.97 Å². The number of likely N-dealkylation sites (tertiary alicyclic amines) is 1. The molecular formula is C26H30N6O3. The molecule has 35 heavy (non-hydrogen) atoms. The summed E-state index contributed by atoms with van der Waals surface area (Å²) in [4.78, 5) is 50.9. The zero-order valence-electron chi connectivity index (χ0n) is 19.8. The molecule has 9 heteroatoms. The molecule has 4 aliphatic rings. The van der Waals surface area contributed by atoms with Crippen LogP contribution in [0.5, 0.6) is 0 Å². The maximum absolute atomic E-state index is 13.4. The summed E-state index contributed by atoms with van der Waals surface area (Å²) in [7, 11) is 0. The quantitative estimate of drug-likeness (QED) is 0.643. The molecule has 2 N–H and O–H groups in total. The van der Waals surface area contributed by atoms with Gasteiger partial charge in [0.05, 0.1) is 0 Å². The van der Waals surface area contributed by atoms with Crippen molar-refractivity contribution < 1.29 is 14.4 Å². The average molecular weight is 475 g/mol. The Morgan fingerprint density at radius 2 is 1.89 bits per heavy atom. The van der Waals surface area contributed by atoms with Gasteiger partial charge in [-0.15, -0.1) is 0 Å². The van der Waals surface area contributed by atoms with Crippen LogP contribution in [0.25, 0.3) is 0 Å². The number of fused-ring (bicyclic) bond motifs is 2. The van der Waals surface area contributed by atoms with E-state index in [1.807, 2.05) is 24.4 Å². The standard InChI is InChI=1S/C26H30N6O3/c33-22-5-4-21(25(34)30-22)32-15-18-3-1-2-17(23(18)26(32)35)14-31-10-7-16(8-11-31)24-28-13-19-12-27-9-6-20(19)29-24/h1-3,13,16,21,27H,4-12,14-15H2,(H,30,33,34). The number of hydrogen-bond acceptors (Lipinski definition) is 7. The summed E-state index contributed by atoms with van der Waals surface area (Å²) in [5, 5.41) is 5.74. The third-order valence-corrected chi connectivity index (χ3v) is 7.81. The Hall–Kier alpha value is -3.17. The Labute approximate surface area is 204 Å². The summed E-state index contributed by atoms with van der Waals surface area (Å²) < 4.78 is 0. The first kappa shape index (κ1) is 22.3. The molecule has 2 aromatic rings. The van der Waals surface area contributed by atoms with E-state index in [-0.39, 0.29) is 24.1 Å². The number of amides is 3. The van der Waals surface area contributed by atoms with Crippen LogP contribution in [0.15, 0.2) is 24.4 Å². The second-order valence-corrected chi connectivity index (χ2v) is 10.0. The predicted octanol–water partition coefficient (Wildman–Crippen LogP) is 1.26. The molecule has 0 aliphatic carbocycles. The van der Waals surface area contributed by atoms with Crippen molar-refractivity contribution in [2.75, 3.05) is 19.6 Å². The molecule has 0 radical (unpaired) electrons. The second-order valence-electron chi connectivity index (χ2n) is 10.0. The van der Waals surface area contributed by atoms with E-state index < -0.39 is 6.04 Å². The highest BCUT2D eigenvalue weighted by Crippen LogP contribution is 2.32. The average Bonchev–Trinajstić information content (AvgIpc) is 3.21. The number of rotatable bonds is 4. The van der Waals surface area contributed by atoms with Gasteiger partial charge < -0.3 is 10.2 Å². The van der Waals surface area contributed by atoms with Crippen LogP contribution in [-0.2, 0) is 35.6 Å². The molecule has 4 aliphatic heterocycles. The topological polar surface area (TPSA) is 108 Å². The predicted molar refractivity (Wildman–Crippen MR) is 127 cm³/mol. The highest BCUT2D eigenvalue weighted by molar-refractivity contribution is 6.06. The monoisotopic (exact) mass is 474 g/mol. The third kappa shape index (κ3) is 4.23. The number of hydrogen-bond donors (Lipinski definition) is 2. The zero-order chi connectivity index (χ0) is 23.9. The van der Waals surface area contributed by atoms with Crippen molar-refractivity contribution in [3.8, 4) is 0 Å². The summed E-state index contributed by atoms with van der Waals surface area (Å²) in [5.74, 6) is 0.611. The lowest BCUT2D eigenvalue weighted by atomic mass is 9.94. The fourth-order valence-electron chi connectivity index (χ4n) is 5.86. The highest BCUT2D eigenvalue weighted by Gasteiger charge is 2.40. The Bertz CT molecular complexity index is 1190. The summed E-state index contributed by atoms with van der Waals surface area (Å²) in [6, 6.07) is 5.41. The van der Waals surface area contributed by atoms with Gasteiger partial charge in [-0.1, -0.05) is 18.2 Å². The number of carbonyl (C=O) groups excluding carboxylic acids is 3. The normalized spacial score (nSPS) is 23.3. The number of carbonyl (C=O) groups is 3. The maximum Gasteiger partial charge on any atom is 0.255 e. The molecule has 2 fully saturated rings. The van der Waals surface area contributed by atoms with Crippen LogP contribution in [0.2, 0.25) is 0 Å². The van der Waals surface area contributed by atoms with Crippen LogP contribution < -0.4 is 10.6 Å². The Kier molecular flexibility index (Phi) is 5.82. The van der Waals surface area contributed by atoms with E-state index >= 15 is 0 Å². The van der Waals surface area contributed by atoms with Crippen LogP contribution in [0.1, 0.15) is 70.2 Å². The first-order chi connectivity index (χ1) is 17.1. The van der Waals surface area contributed by atoms with Gasteiger partial charge >= 0.3 is 0 Å². The van der Waals surface area contributed by atoms with Crippen LogP contribution in [0.4, 0.5) is 0 Å². The van der Waals surface area contributed by atoms with Gasteiger partial charge in [0.15, 0.2) is 0 Å². The fourth-order valence-corrected chi connectivity index (χ4v) is 5.86. The van der Waals surface area contributed by atoms with Gasteiger partial charge in [0, 0.05) is 68.0 Å². The SMILES string of the molecule is O=C1CCC(N2Cc3cccc(CN4CCC(c5ncc6c(n5)CCNC6)CC4)c3C2=O)C(=O)N1. The Balaban J connectivity index is 1.12. The third-order valence-electron chi connectivity index (χ3n) is 7.81. The van der Waals surface area contributed by atoms with Gasteiger partial charge in [-0.05, 0) is 43.5 Å². The van der Waals surface area contributed by atoms with Gasteiger partial charge in [0.1, 0.15) is 11.9 Å². The van der Waals surface area contributed by atoms with E-state index in [1.54, 1.807) is 4.90 Å². The van der Waals surface area contributed by atoms with Crippen LogP contribution >= 0.6 is 0 Å². The molecule has 0 bridgehead atoms. The molecule has 1 atom stereocenters. The molecule has 1 aromatic heterocycles. The maximum atomic E-state index is 13.4. The zero-order valence-corrected chi connectivity index (χ0v) is 19.8. The largest absolute Gasteiger partial charge is 0.322 e. The van der Waals surface area contributed by atoms with Crippen molar-refractivity contribution in [2.24, 2.45) is 0 Å². The molecule has 0 spiro atoms. The van der Waals surface area contributed by atoms with Crippen LogP contribution in [-0.4, -0.2) is 63.2 Å². The van der Waals surface area contributed by atoms with Gasteiger partial charge in [0.2, 0.25) is 11.8 Å². The van der Waals surface area contributed by atoms with E-state index in [0.717, 1.165) is 68.0 Å². The number of nitrogens with zero attached hydrogens (tertiary/aromatic N) is 4. The lowest BCUT2D eigenvalue weighted by Gasteiger charge is -2.32. The highest BCUT2D eigenvalue weighted by atomic mass is 16.2. The number of benzene rings is 1.